The molecule has 2 aromatic carbocycles. The van der Waals surface area contributed by atoms with Crippen molar-refractivity contribution in [1.29, 1.82) is 0 Å². The van der Waals surface area contributed by atoms with Gasteiger partial charge in [0.05, 0.1) is 0 Å². The van der Waals surface area contributed by atoms with E-state index in [1.165, 1.54) is 6.07 Å². The Hall–Kier alpha value is -3.01. The van der Waals surface area contributed by atoms with Gasteiger partial charge in [0.1, 0.15) is 11.5 Å². The Balaban J connectivity index is 2.24. The van der Waals surface area contributed by atoms with Crippen LogP contribution in [-0.4, -0.2) is 9.97 Å². The molecule has 0 aliphatic rings. The molecule has 4 aromatic rings. The predicted octanol–water partition coefficient (Wildman–Crippen LogP) is 3.88. The number of halogens is 1. The van der Waals surface area contributed by atoms with E-state index < -0.39 is 0 Å². The van der Waals surface area contributed by atoms with Crippen molar-refractivity contribution in [2.45, 2.75) is 0 Å². The van der Waals surface area contributed by atoms with Gasteiger partial charge in [0.15, 0.2) is 0 Å². The van der Waals surface area contributed by atoms with Gasteiger partial charge >= 0.3 is 0 Å². The summed E-state index contributed by atoms with van der Waals surface area (Å²) in [5, 5.41) is 2.09. The number of hydrogen-bond acceptors (Lipinski definition) is 2. The summed E-state index contributed by atoms with van der Waals surface area (Å²) in [5.74, 6) is -0.301. The molecule has 1 N–H and O–H groups in total. The Morgan fingerprint density at radius 2 is 1.59 bits per heavy atom. The summed E-state index contributed by atoms with van der Waals surface area (Å²) in [6, 6.07) is 15.7. The molecular weight excluding hydrogens is 279 g/mol. The molecule has 2 aromatic heterocycles. The SMILES string of the molecule is O=c1[nH]c2nccc(-c3ccccc3F)c2c2ccccc12. The third-order valence-corrected chi connectivity index (χ3v) is 3.79. The normalized spacial score (nSPS) is 11.1. The van der Waals surface area contributed by atoms with Crippen LogP contribution in [0.25, 0.3) is 32.9 Å². The van der Waals surface area contributed by atoms with E-state index in [4.69, 9.17) is 0 Å². The van der Waals surface area contributed by atoms with Crippen molar-refractivity contribution in [1.82, 2.24) is 9.97 Å². The third kappa shape index (κ3) is 1.81. The summed E-state index contributed by atoms with van der Waals surface area (Å²) in [5.41, 5.74) is 1.48. The number of rotatable bonds is 1. The second-order valence-electron chi connectivity index (χ2n) is 5.06. The summed E-state index contributed by atoms with van der Waals surface area (Å²) in [7, 11) is 0. The first kappa shape index (κ1) is 12.7. The Kier molecular flexibility index (Phi) is 2.76. The van der Waals surface area contributed by atoms with E-state index in [1.807, 2.05) is 18.2 Å². The Labute approximate surface area is 125 Å². The molecule has 0 unspecified atom stereocenters. The molecule has 0 spiro atoms. The first-order chi connectivity index (χ1) is 10.8. The molecular formula is C18H11FN2O. The predicted molar refractivity (Wildman–Crippen MR) is 85.3 cm³/mol. The minimum atomic E-state index is -0.301. The fraction of sp³-hybridized carbons (Fsp3) is 0. The molecule has 3 nitrogen and oxygen atoms in total. The molecule has 0 saturated carbocycles. The van der Waals surface area contributed by atoms with Crippen molar-refractivity contribution >= 4 is 21.8 Å². The highest BCUT2D eigenvalue weighted by atomic mass is 19.1. The fourth-order valence-electron chi connectivity index (χ4n) is 2.81. The fourth-order valence-corrected chi connectivity index (χ4v) is 2.81. The average Bonchev–Trinajstić information content (AvgIpc) is 2.55. The van der Waals surface area contributed by atoms with Crippen LogP contribution in [0.1, 0.15) is 0 Å². The zero-order valence-corrected chi connectivity index (χ0v) is 11.5. The number of nitrogens with one attached hydrogen (secondary N) is 1. The molecule has 0 amide bonds. The van der Waals surface area contributed by atoms with E-state index in [-0.39, 0.29) is 11.4 Å². The first-order valence-electron chi connectivity index (χ1n) is 6.90. The van der Waals surface area contributed by atoms with Gasteiger partial charge in [-0.3, -0.25) is 4.79 Å². The lowest BCUT2D eigenvalue weighted by atomic mass is 9.98. The molecule has 106 valence electrons. The van der Waals surface area contributed by atoms with Gasteiger partial charge in [-0.25, -0.2) is 9.37 Å². The van der Waals surface area contributed by atoms with Crippen molar-refractivity contribution in [3.63, 3.8) is 0 Å². The Morgan fingerprint density at radius 1 is 0.864 bits per heavy atom. The van der Waals surface area contributed by atoms with Crippen LogP contribution in [0.2, 0.25) is 0 Å². The number of aromatic nitrogens is 2. The van der Waals surface area contributed by atoms with Crippen LogP contribution in [0.15, 0.2) is 65.6 Å². The molecule has 0 saturated heterocycles. The van der Waals surface area contributed by atoms with Crippen molar-refractivity contribution in [3.8, 4) is 11.1 Å². The second kappa shape index (κ2) is 4.77. The maximum Gasteiger partial charge on any atom is 0.257 e. The Morgan fingerprint density at radius 3 is 2.41 bits per heavy atom. The van der Waals surface area contributed by atoms with E-state index in [2.05, 4.69) is 9.97 Å². The highest BCUT2D eigenvalue weighted by molar-refractivity contribution is 6.11. The topological polar surface area (TPSA) is 45.8 Å². The van der Waals surface area contributed by atoms with Gasteiger partial charge in [-0.15, -0.1) is 0 Å². The maximum atomic E-state index is 14.2. The number of aromatic amines is 1. The zero-order chi connectivity index (χ0) is 15.1. The number of hydrogen-bond donors (Lipinski definition) is 1. The van der Waals surface area contributed by atoms with Crippen LogP contribution in [0.3, 0.4) is 0 Å². The molecule has 22 heavy (non-hydrogen) atoms. The van der Waals surface area contributed by atoms with Crippen LogP contribution in [0.5, 0.6) is 0 Å². The highest BCUT2D eigenvalue weighted by Crippen LogP contribution is 2.32. The van der Waals surface area contributed by atoms with Crippen LogP contribution in [-0.2, 0) is 0 Å². The summed E-state index contributed by atoms with van der Waals surface area (Å²) in [6.07, 6.45) is 1.58. The van der Waals surface area contributed by atoms with Crippen LogP contribution < -0.4 is 5.56 Å². The summed E-state index contributed by atoms with van der Waals surface area (Å²) < 4.78 is 14.2. The Bertz CT molecular complexity index is 1070. The quantitative estimate of drug-likeness (QED) is 0.541. The smallest absolute Gasteiger partial charge is 0.257 e. The lowest BCUT2D eigenvalue weighted by Gasteiger charge is -2.09. The molecule has 0 radical (unpaired) electrons. The van der Waals surface area contributed by atoms with Gasteiger partial charge in [0.25, 0.3) is 5.56 Å². The van der Waals surface area contributed by atoms with Gasteiger partial charge in [0.2, 0.25) is 0 Å². The molecule has 0 bridgehead atoms. The lowest BCUT2D eigenvalue weighted by Crippen LogP contribution is -2.07. The van der Waals surface area contributed by atoms with Gasteiger partial charge in [-0.1, -0.05) is 36.4 Å². The lowest BCUT2D eigenvalue weighted by molar-refractivity contribution is 0.631. The van der Waals surface area contributed by atoms with Gasteiger partial charge in [0, 0.05) is 22.5 Å². The number of fused-ring (bicyclic) bond motifs is 3. The van der Waals surface area contributed by atoms with Gasteiger partial charge < -0.3 is 4.98 Å². The summed E-state index contributed by atoms with van der Waals surface area (Å²) >= 11 is 0. The molecule has 4 rings (SSSR count). The molecule has 0 fully saturated rings. The number of H-pyrrole nitrogens is 1. The second-order valence-corrected chi connectivity index (χ2v) is 5.06. The van der Waals surface area contributed by atoms with Crippen LogP contribution >= 0.6 is 0 Å². The van der Waals surface area contributed by atoms with Crippen molar-refractivity contribution in [2.75, 3.05) is 0 Å². The van der Waals surface area contributed by atoms with Gasteiger partial charge in [-0.05, 0) is 29.1 Å². The van der Waals surface area contributed by atoms with E-state index in [9.17, 15) is 9.18 Å². The average molecular weight is 290 g/mol. The standard InChI is InChI=1S/C18H11FN2O/c19-15-8-4-3-5-11(15)13-9-10-20-17-16(13)12-6-1-2-7-14(12)18(22)21-17/h1-10H,(H,20,21,22). The minimum Gasteiger partial charge on any atom is -0.306 e. The molecule has 0 aliphatic heterocycles. The van der Waals surface area contributed by atoms with Crippen molar-refractivity contribution in [2.24, 2.45) is 0 Å². The van der Waals surface area contributed by atoms with Gasteiger partial charge in [-0.2, -0.15) is 0 Å². The summed E-state index contributed by atoms with van der Waals surface area (Å²) in [6.45, 7) is 0. The van der Waals surface area contributed by atoms with E-state index in [0.717, 1.165) is 16.3 Å². The van der Waals surface area contributed by atoms with Crippen molar-refractivity contribution in [3.05, 3.63) is 77.0 Å². The summed E-state index contributed by atoms with van der Waals surface area (Å²) in [4.78, 5) is 19.1. The molecule has 0 aliphatic carbocycles. The number of pyridine rings is 2. The van der Waals surface area contributed by atoms with E-state index >= 15 is 0 Å². The molecule has 0 atom stereocenters. The molecule has 2 heterocycles. The third-order valence-electron chi connectivity index (χ3n) is 3.79. The monoisotopic (exact) mass is 290 g/mol. The van der Waals surface area contributed by atoms with Crippen molar-refractivity contribution < 1.29 is 4.39 Å². The first-order valence-corrected chi connectivity index (χ1v) is 6.90. The number of benzene rings is 2. The number of nitrogens with zero attached hydrogens (tertiary/aromatic N) is 1. The molecule has 4 heteroatoms. The van der Waals surface area contributed by atoms with Crippen LogP contribution in [0.4, 0.5) is 4.39 Å². The minimum absolute atomic E-state index is 0.193. The van der Waals surface area contributed by atoms with E-state index in [1.54, 1.807) is 36.5 Å². The zero-order valence-electron chi connectivity index (χ0n) is 11.5. The largest absolute Gasteiger partial charge is 0.306 e. The highest BCUT2D eigenvalue weighted by Gasteiger charge is 2.13. The van der Waals surface area contributed by atoms with Crippen LogP contribution in [0, 0.1) is 5.82 Å². The maximum absolute atomic E-state index is 14.2. The van der Waals surface area contributed by atoms with E-state index in [0.29, 0.717) is 16.6 Å².